The van der Waals surface area contributed by atoms with E-state index in [2.05, 4.69) is 6.07 Å². The SMILES string of the molecule is COc1ccc2cc([C@@H]3CN(C(=O)C4(C(N)=O)CC4)CCO3)ccc2c1. The highest BCUT2D eigenvalue weighted by molar-refractivity contribution is 6.07. The van der Waals surface area contributed by atoms with E-state index in [9.17, 15) is 9.59 Å². The number of primary amides is 1. The Balaban J connectivity index is 1.55. The minimum atomic E-state index is -0.970. The minimum Gasteiger partial charge on any atom is -0.497 e. The largest absolute Gasteiger partial charge is 0.497 e. The van der Waals surface area contributed by atoms with Crippen LogP contribution >= 0.6 is 0 Å². The van der Waals surface area contributed by atoms with Crippen LogP contribution in [0.15, 0.2) is 36.4 Å². The second-order valence-corrected chi connectivity index (χ2v) is 7.03. The molecule has 2 aliphatic rings. The lowest BCUT2D eigenvalue weighted by molar-refractivity contribution is -0.149. The average Bonchev–Trinajstić information content (AvgIpc) is 3.49. The van der Waals surface area contributed by atoms with Gasteiger partial charge in [-0.15, -0.1) is 0 Å². The number of hydrogen-bond acceptors (Lipinski definition) is 4. The number of amides is 2. The second kappa shape index (κ2) is 6.29. The maximum Gasteiger partial charge on any atom is 0.238 e. The van der Waals surface area contributed by atoms with Gasteiger partial charge >= 0.3 is 0 Å². The van der Waals surface area contributed by atoms with Gasteiger partial charge < -0.3 is 20.1 Å². The number of carbonyl (C=O) groups is 2. The fourth-order valence-electron chi connectivity index (χ4n) is 3.60. The van der Waals surface area contributed by atoms with Gasteiger partial charge in [-0.1, -0.05) is 18.2 Å². The van der Waals surface area contributed by atoms with Crippen LogP contribution in [-0.2, 0) is 14.3 Å². The molecule has 2 aromatic carbocycles. The number of rotatable bonds is 4. The topological polar surface area (TPSA) is 81.9 Å². The first-order valence-electron chi connectivity index (χ1n) is 8.82. The van der Waals surface area contributed by atoms with Crippen molar-refractivity contribution in [1.29, 1.82) is 0 Å². The fraction of sp³-hybridized carbons (Fsp3) is 0.400. The Labute approximate surface area is 151 Å². The Morgan fingerprint density at radius 3 is 2.62 bits per heavy atom. The molecule has 1 saturated heterocycles. The van der Waals surface area contributed by atoms with Crippen molar-refractivity contribution >= 4 is 22.6 Å². The number of morpholine rings is 1. The molecule has 0 radical (unpaired) electrons. The summed E-state index contributed by atoms with van der Waals surface area (Å²) in [7, 11) is 1.65. The first-order valence-corrected chi connectivity index (χ1v) is 8.82. The molecule has 1 heterocycles. The number of nitrogens with zero attached hydrogens (tertiary/aromatic N) is 1. The predicted octanol–water partition coefficient (Wildman–Crippen LogP) is 2.01. The zero-order chi connectivity index (χ0) is 18.3. The van der Waals surface area contributed by atoms with Crippen molar-refractivity contribution in [2.45, 2.75) is 18.9 Å². The molecule has 0 spiro atoms. The molecule has 6 heteroatoms. The predicted molar refractivity (Wildman–Crippen MR) is 96.6 cm³/mol. The summed E-state index contributed by atoms with van der Waals surface area (Å²) >= 11 is 0. The Bertz CT molecular complexity index is 875. The van der Waals surface area contributed by atoms with E-state index in [0.29, 0.717) is 32.5 Å². The van der Waals surface area contributed by atoms with Crippen molar-refractivity contribution < 1.29 is 19.1 Å². The zero-order valence-electron chi connectivity index (χ0n) is 14.7. The van der Waals surface area contributed by atoms with E-state index in [1.54, 1.807) is 12.0 Å². The summed E-state index contributed by atoms with van der Waals surface area (Å²) in [6.45, 7) is 1.39. The number of fused-ring (bicyclic) bond motifs is 1. The van der Waals surface area contributed by atoms with Crippen LogP contribution in [0.3, 0.4) is 0 Å². The van der Waals surface area contributed by atoms with Crippen LogP contribution in [0.2, 0.25) is 0 Å². The molecule has 1 atom stereocenters. The van der Waals surface area contributed by atoms with E-state index in [-0.39, 0.29) is 12.0 Å². The van der Waals surface area contributed by atoms with Crippen molar-refractivity contribution in [3.8, 4) is 5.75 Å². The van der Waals surface area contributed by atoms with E-state index in [0.717, 1.165) is 22.1 Å². The molecule has 0 bridgehead atoms. The first-order chi connectivity index (χ1) is 12.5. The van der Waals surface area contributed by atoms with Gasteiger partial charge in [0.1, 0.15) is 17.3 Å². The quantitative estimate of drug-likeness (QED) is 0.852. The summed E-state index contributed by atoms with van der Waals surface area (Å²) in [5, 5.41) is 2.17. The molecule has 4 rings (SSSR count). The number of nitrogens with two attached hydrogens (primary N) is 1. The van der Waals surface area contributed by atoms with E-state index in [1.807, 2.05) is 30.3 Å². The van der Waals surface area contributed by atoms with Crippen LogP contribution in [0.5, 0.6) is 5.75 Å². The molecule has 0 aromatic heterocycles. The van der Waals surface area contributed by atoms with Gasteiger partial charge in [-0.3, -0.25) is 9.59 Å². The van der Waals surface area contributed by atoms with Crippen LogP contribution in [-0.4, -0.2) is 43.5 Å². The van der Waals surface area contributed by atoms with Gasteiger partial charge in [0.15, 0.2) is 0 Å². The molecule has 2 fully saturated rings. The maximum atomic E-state index is 12.7. The standard InChI is InChI=1S/C20H22N2O4/c1-25-16-5-4-13-10-15(3-2-14(13)11-16)17-12-22(8-9-26-17)19(24)20(6-7-20)18(21)23/h2-5,10-11,17H,6-9,12H2,1H3,(H2,21,23)/t17-/m0/s1. The first kappa shape index (κ1) is 16.8. The van der Waals surface area contributed by atoms with Crippen molar-refractivity contribution in [3.63, 3.8) is 0 Å². The summed E-state index contributed by atoms with van der Waals surface area (Å²) in [5.41, 5.74) is 5.49. The molecule has 6 nitrogen and oxygen atoms in total. The van der Waals surface area contributed by atoms with Crippen LogP contribution in [0.25, 0.3) is 10.8 Å². The second-order valence-electron chi connectivity index (χ2n) is 7.03. The molecule has 2 aromatic rings. The third kappa shape index (κ3) is 2.80. The normalized spacial score (nSPS) is 21.4. The van der Waals surface area contributed by atoms with Crippen molar-refractivity contribution in [2.75, 3.05) is 26.8 Å². The van der Waals surface area contributed by atoms with Crippen molar-refractivity contribution in [1.82, 2.24) is 4.90 Å². The Kier molecular flexibility index (Phi) is 4.07. The third-order valence-electron chi connectivity index (χ3n) is 5.43. The van der Waals surface area contributed by atoms with Gasteiger partial charge in [-0.2, -0.15) is 0 Å². The van der Waals surface area contributed by atoms with Crippen molar-refractivity contribution in [2.24, 2.45) is 11.1 Å². The lowest BCUT2D eigenvalue weighted by Gasteiger charge is -2.35. The molecule has 2 amide bonds. The summed E-state index contributed by atoms with van der Waals surface area (Å²) in [4.78, 5) is 26.1. The molecule has 26 heavy (non-hydrogen) atoms. The van der Waals surface area contributed by atoms with Gasteiger partial charge in [0, 0.05) is 6.54 Å². The Hall–Kier alpha value is -2.60. The van der Waals surface area contributed by atoms with Crippen molar-refractivity contribution in [3.05, 3.63) is 42.0 Å². The van der Waals surface area contributed by atoms with Gasteiger partial charge in [0.2, 0.25) is 11.8 Å². The molecule has 136 valence electrons. The van der Waals surface area contributed by atoms with Crippen LogP contribution in [0.4, 0.5) is 0 Å². The van der Waals surface area contributed by atoms with Gasteiger partial charge in [0.25, 0.3) is 0 Å². The molecule has 2 N–H and O–H groups in total. The Morgan fingerprint density at radius 1 is 1.19 bits per heavy atom. The highest BCUT2D eigenvalue weighted by Crippen LogP contribution is 2.47. The van der Waals surface area contributed by atoms with E-state index >= 15 is 0 Å². The highest BCUT2D eigenvalue weighted by atomic mass is 16.5. The molecular formula is C20H22N2O4. The molecular weight excluding hydrogens is 332 g/mol. The summed E-state index contributed by atoms with van der Waals surface area (Å²) in [5.74, 6) is 0.158. The van der Waals surface area contributed by atoms with E-state index in [4.69, 9.17) is 15.2 Å². The lowest BCUT2D eigenvalue weighted by atomic mass is 10.0. The van der Waals surface area contributed by atoms with Crippen LogP contribution in [0, 0.1) is 5.41 Å². The highest BCUT2D eigenvalue weighted by Gasteiger charge is 2.57. The number of benzene rings is 2. The van der Waals surface area contributed by atoms with Crippen LogP contribution < -0.4 is 10.5 Å². The monoisotopic (exact) mass is 354 g/mol. The summed E-state index contributed by atoms with van der Waals surface area (Å²) in [6.07, 6.45) is 0.907. The number of ether oxygens (including phenoxy) is 2. The number of methoxy groups -OCH3 is 1. The van der Waals surface area contributed by atoms with Crippen LogP contribution in [0.1, 0.15) is 24.5 Å². The molecule has 1 aliphatic carbocycles. The fourth-order valence-corrected chi connectivity index (χ4v) is 3.60. The summed E-state index contributed by atoms with van der Waals surface area (Å²) in [6, 6.07) is 12.0. The van der Waals surface area contributed by atoms with Gasteiger partial charge in [-0.25, -0.2) is 0 Å². The van der Waals surface area contributed by atoms with Gasteiger partial charge in [-0.05, 0) is 47.4 Å². The van der Waals surface area contributed by atoms with E-state index < -0.39 is 11.3 Å². The Morgan fingerprint density at radius 2 is 1.92 bits per heavy atom. The maximum absolute atomic E-state index is 12.7. The van der Waals surface area contributed by atoms with Gasteiger partial charge in [0.05, 0.1) is 20.3 Å². The third-order valence-corrected chi connectivity index (χ3v) is 5.43. The summed E-state index contributed by atoms with van der Waals surface area (Å²) < 4.78 is 11.2. The lowest BCUT2D eigenvalue weighted by Crippen LogP contribution is -2.48. The number of carbonyl (C=O) groups excluding carboxylic acids is 2. The number of hydrogen-bond donors (Lipinski definition) is 1. The average molecular weight is 354 g/mol. The zero-order valence-corrected chi connectivity index (χ0v) is 14.7. The minimum absolute atomic E-state index is 0.149. The molecule has 1 saturated carbocycles. The molecule has 0 unspecified atom stereocenters. The van der Waals surface area contributed by atoms with E-state index in [1.165, 1.54) is 0 Å². The molecule has 1 aliphatic heterocycles. The smallest absolute Gasteiger partial charge is 0.238 e.